The number of nitrogens with zero attached hydrogens (tertiary/aromatic N) is 2. The highest BCUT2D eigenvalue weighted by Gasteiger charge is 2.13. The second kappa shape index (κ2) is 7.47. The SMILES string of the molecule is CCCCC(CC)Cn1c(CCC)nc2ccccc21. The van der Waals surface area contributed by atoms with Crippen LogP contribution in [0, 0.1) is 5.92 Å². The van der Waals surface area contributed by atoms with Crippen molar-refractivity contribution in [2.24, 2.45) is 5.92 Å². The van der Waals surface area contributed by atoms with E-state index in [-0.39, 0.29) is 0 Å². The van der Waals surface area contributed by atoms with Crippen LogP contribution in [-0.4, -0.2) is 9.55 Å². The predicted molar refractivity (Wildman–Crippen MR) is 87.0 cm³/mol. The van der Waals surface area contributed by atoms with Crippen molar-refractivity contribution >= 4 is 11.0 Å². The van der Waals surface area contributed by atoms with Gasteiger partial charge in [-0.1, -0.05) is 52.2 Å². The lowest BCUT2D eigenvalue weighted by Gasteiger charge is -2.17. The van der Waals surface area contributed by atoms with Gasteiger partial charge in [0.15, 0.2) is 0 Å². The molecule has 1 unspecified atom stereocenters. The van der Waals surface area contributed by atoms with Gasteiger partial charge in [0.05, 0.1) is 11.0 Å². The molecule has 0 N–H and O–H groups in total. The molecule has 2 rings (SSSR count). The molecule has 1 aromatic heterocycles. The monoisotopic (exact) mass is 272 g/mol. The zero-order chi connectivity index (χ0) is 14.4. The maximum Gasteiger partial charge on any atom is 0.109 e. The largest absolute Gasteiger partial charge is 0.328 e. The van der Waals surface area contributed by atoms with Crippen LogP contribution in [0.25, 0.3) is 11.0 Å². The van der Waals surface area contributed by atoms with Gasteiger partial charge in [-0.05, 0) is 30.9 Å². The number of hydrogen-bond donors (Lipinski definition) is 0. The maximum atomic E-state index is 4.83. The Bertz CT molecular complexity index is 527. The van der Waals surface area contributed by atoms with Crippen molar-refractivity contribution in [3.05, 3.63) is 30.1 Å². The molecule has 110 valence electrons. The molecule has 2 aromatic rings. The van der Waals surface area contributed by atoms with Gasteiger partial charge in [0.1, 0.15) is 5.82 Å². The fourth-order valence-electron chi connectivity index (χ4n) is 2.92. The van der Waals surface area contributed by atoms with E-state index in [2.05, 4.69) is 49.6 Å². The van der Waals surface area contributed by atoms with Crippen LogP contribution in [0.2, 0.25) is 0 Å². The molecule has 0 amide bonds. The van der Waals surface area contributed by atoms with Gasteiger partial charge >= 0.3 is 0 Å². The van der Waals surface area contributed by atoms with Crippen LogP contribution in [0.3, 0.4) is 0 Å². The summed E-state index contributed by atoms with van der Waals surface area (Å²) in [4.78, 5) is 4.83. The van der Waals surface area contributed by atoms with E-state index < -0.39 is 0 Å². The molecule has 0 aliphatic rings. The van der Waals surface area contributed by atoms with Crippen molar-refractivity contribution in [2.45, 2.75) is 65.8 Å². The average molecular weight is 272 g/mol. The van der Waals surface area contributed by atoms with Gasteiger partial charge in [0.2, 0.25) is 0 Å². The van der Waals surface area contributed by atoms with Gasteiger partial charge in [-0.15, -0.1) is 0 Å². The lowest BCUT2D eigenvalue weighted by atomic mass is 9.99. The molecule has 0 bridgehead atoms. The summed E-state index contributed by atoms with van der Waals surface area (Å²) >= 11 is 0. The topological polar surface area (TPSA) is 17.8 Å². The highest BCUT2D eigenvalue weighted by atomic mass is 15.1. The first-order chi connectivity index (χ1) is 9.80. The Hall–Kier alpha value is -1.31. The summed E-state index contributed by atoms with van der Waals surface area (Å²) in [6.07, 6.45) is 7.48. The van der Waals surface area contributed by atoms with E-state index >= 15 is 0 Å². The van der Waals surface area contributed by atoms with Crippen molar-refractivity contribution in [1.29, 1.82) is 0 Å². The second-order valence-corrected chi connectivity index (χ2v) is 5.79. The Labute approximate surface area is 123 Å². The third kappa shape index (κ3) is 3.41. The van der Waals surface area contributed by atoms with Crippen LogP contribution in [0.4, 0.5) is 0 Å². The molecule has 2 heteroatoms. The van der Waals surface area contributed by atoms with Crippen molar-refractivity contribution < 1.29 is 0 Å². The summed E-state index contributed by atoms with van der Waals surface area (Å²) in [5.74, 6) is 2.05. The smallest absolute Gasteiger partial charge is 0.109 e. The second-order valence-electron chi connectivity index (χ2n) is 5.79. The van der Waals surface area contributed by atoms with Crippen LogP contribution in [-0.2, 0) is 13.0 Å². The molecular weight excluding hydrogens is 244 g/mol. The average Bonchev–Trinajstić information content (AvgIpc) is 2.81. The number of imidazole rings is 1. The summed E-state index contributed by atoms with van der Waals surface area (Å²) in [6, 6.07) is 8.57. The van der Waals surface area contributed by atoms with E-state index in [9.17, 15) is 0 Å². The minimum Gasteiger partial charge on any atom is -0.328 e. The first kappa shape index (κ1) is 15.1. The van der Waals surface area contributed by atoms with Crippen molar-refractivity contribution in [3.8, 4) is 0 Å². The molecule has 20 heavy (non-hydrogen) atoms. The van der Waals surface area contributed by atoms with Gasteiger partial charge < -0.3 is 4.57 Å². The minimum atomic E-state index is 0.781. The van der Waals surface area contributed by atoms with Crippen LogP contribution < -0.4 is 0 Å². The molecule has 0 saturated carbocycles. The lowest BCUT2D eigenvalue weighted by Crippen LogP contribution is -2.13. The molecule has 1 heterocycles. The Balaban J connectivity index is 2.27. The van der Waals surface area contributed by atoms with Crippen molar-refractivity contribution in [2.75, 3.05) is 0 Å². The zero-order valence-electron chi connectivity index (χ0n) is 13.2. The Morgan fingerprint density at radius 1 is 1.10 bits per heavy atom. The quantitative estimate of drug-likeness (QED) is 0.645. The van der Waals surface area contributed by atoms with Crippen molar-refractivity contribution in [1.82, 2.24) is 9.55 Å². The number of aryl methyl sites for hydroxylation is 1. The Morgan fingerprint density at radius 3 is 2.60 bits per heavy atom. The fraction of sp³-hybridized carbons (Fsp3) is 0.611. The van der Waals surface area contributed by atoms with E-state index in [1.165, 1.54) is 37.0 Å². The van der Waals surface area contributed by atoms with Gasteiger partial charge in [-0.3, -0.25) is 0 Å². The molecule has 1 aromatic carbocycles. The normalized spacial score (nSPS) is 12.9. The number of para-hydroxylation sites is 2. The van der Waals surface area contributed by atoms with Crippen LogP contribution >= 0.6 is 0 Å². The zero-order valence-corrected chi connectivity index (χ0v) is 13.2. The first-order valence-corrected chi connectivity index (χ1v) is 8.24. The first-order valence-electron chi connectivity index (χ1n) is 8.24. The highest BCUT2D eigenvalue weighted by molar-refractivity contribution is 5.75. The number of rotatable bonds is 8. The molecule has 0 aliphatic heterocycles. The molecule has 0 radical (unpaired) electrons. The number of benzene rings is 1. The van der Waals surface area contributed by atoms with E-state index in [1.54, 1.807) is 0 Å². The summed E-state index contributed by atoms with van der Waals surface area (Å²) in [7, 11) is 0. The summed E-state index contributed by atoms with van der Waals surface area (Å²) in [6.45, 7) is 7.96. The molecular formula is C18H28N2. The van der Waals surface area contributed by atoms with Crippen molar-refractivity contribution in [3.63, 3.8) is 0 Å². The molecule has 0 saturated heterocycles. The number of unbranched alkanes of at least 4 members (excludes halogenated alkanes) is 1. The van der Waals surface area contributed by atoms with Crippen LogP contribution in [0.5, 0.6) is 0 Å². The van der Waals surface area contributed by atoms with E-state index in [4.69, 9.17) is 4.98 Å². The summed E-state index contributed by atoms with van der Waals surface area (Å²) in [5.41, 5.74) is 2.46. The lowest BCUT2D eigenvalue weighted by molar-refractivity contribution is 0.389. The standard InChI is InChI=1S/C18H28N2/c1-4-7-11-15(6-3)14-20-17-13-9-8-12-16(17)19-18(20)10-5-2/h8-9,12-13,15H,4-7,10-11,14H2,1-3H3. The minimum absolute atomic E-state index is 0.781. The van der Waals surface area contributed by atoms with E-state index in [0.717, 1.165) is 30.8 Å². The van der Waals surface area contributed by atoms with E-state index in [1.807, 2.05) is 0 Å². The molecule has 0 fully saturated rings. The third-order valence-electron chi connectivity index (χ3n) is 4.19. The third-order valence-corrected chi connectivity index (χ3v) is 4.19. The number of hydrogen-bond acceptors (Lipinski definition) is 1. The number of fused-ring (bicyclic) bond motifs is 1. The fourth-order valence-corrected chi connectivity index (χ4v) is 2.92. The molecule has 2 nitrogen and oxygen atoms in total. The Morgan fingerprint density at radius 2 is 1.90 bits per heavy atom. The summed E-state index contributed by atoms with van der Waals surface area (Å²) in [5, 5.41) is 0. The van der Waals surface area contributed by atoms with E-state index in [0.29, 0.717) is 0 Å². The molecule has 0 aliphatic carbocycles. The molecule has 0 spiro atoms. The summed E-state index contributed by atoms with van der Waals surface area (Å²) < 4.78 is 2.47. The highest BCUT2D eigenvalue weighted by Crippen LogP contribution is 2.22. The predicted octanol–water partition coefficient (Wildman–Crippen LogP) is 5.21. The van der Waals surface area contributed by atoms with Gasteiger partial charge in [0, 0.05) is 13.0 Å². The van der Waals surface area contributed by atoms with Crippen LogP contribution in [0.15, 0.2) is 24.3 Å². The van der Waals surface area contributed by atoms with Gasteiger partial charge in [-0.25, -0.2) is 4.98 Å². The number of aromatic nitrogens is 2. The Kier molecular flexibility index (Phi) is 5.63. The van der Waals surface area contributed by atoms with Gasteiger partial charge in [-0.2, -0.15) is 0 Å². The maximum absolute atomic E-state index is 4.83. The van der Waals surface area contributed by atoms with Crippen LogP contribution in [0.1, 0.15) is 58.7 Å². The molecule has 1 atom stereocenters. The van der Waals surface area contributed by atoms with Gasteiger partial charge in [0.25, 0.3) is 0 Å².